The Balaban J connectivity index is 1.77. The number of hydrogen-bond acceptors (Lipinski definition) is 2. The molecule has 0 spiro atoms. The van der Waals surface area contributed by atoms with Crippen molar-refractivity contribution in [3.8, 4) is 0 Å². The van der Waals surface area contributed by atoms with Gasteiger partial charge in [0.25, 0.3) is 5.91 Å². The molecule has 1 N–H and O–H groups in total. The van der Waals surface area contributed by atoms with Gasteiger partial charge in [0.2, 0.25) is 0 Å². The van der Waals surface area contributed by atoms with E-state index in [2.05, 4.69) is 12.2 Å². The summed E-state index contributed by atoms with van der Waals surface area (Å²) in [5.74, 6) is -0.623. The largest absolute Gasteiger partial charge is 0.351 e. The summed E-state index contributed by atoms with van der Waals surface area (Å²) >= 11 is 0. The topological polar surface area (TPSA) is 32.3 Å². The second-order valence-corrected chi connectivity index (χ2v) is 6.74. The second kappa shape index (κ2) is 6.41. The van der Waals surface area contributed by atoms with E-state index in [1.807, 2.05) is 6.08 Å². The molecule has 0 fully saturated rings. The first-order chi connectivity index (χ1) is 12.5. The number of halogens is 2. The fourth-order valence-electron chi connectivity index (χ4n) is 3.49. The number of hydrogen-bond donors (Lipinski definition) is 1. The lowest BCUT2D eigenvalue weighted by Crippen LogP contribution is -2.27. The van der Waals surface area contributed by atoms with Crippen molar-refractivity contribution in [2.75, 3.05) is 10.2 Å². The third kappa shape index (κ3) is 2.90. The summed E-state index contributed by atoms with van der Waals surface area (Å²) < 4.78 is 27.2. The van der Waals surface area contributed by atoms with Crippen LogP contribution in [-0.4, -0.2) is 5.91 Å². The molecule has 2 aromatic carbocycles. The highest BCUT2D eigenvalue weighted by atomic mass is 19.1. The van der Waals surface area contributed by atoms with Crippen LogP contribution < -0.4 is 10.2 Å². The van der Waals surface area contributed by atoms with Crippen molar-refractivity contribution in [3.05, 3.63) is 83.2 Å². The lowest BCUT2D eigenvalue weighted by Gasteiger charge is -2.24. The molecule has 1 atom stereocenters. The molecule has 132 valence electrons. The molecule has 2 aromatic rings. The smallest absolute Gasteiger partial charge is 0.279 e. The standard InChI is InChI=1S/C21H18F2N2O/c1-13-8-9-19-18(10-13)20(24-16-6-2-4-14(22)11-16)21(26)25(19)17-7-3-5-15(23)12-17/h2-7,9,11-13,24H,8,10H2,1H3/t13-/m0/s1. The number of anilines is 2. The van der Waals surface area contributed by atoms with Crippen LogP contribution in [0.2, 0.25) is 0 Å². The molecule has 0 bridgehead atoms. The molecule has 26 heavy (non-hydrogen) atoms. The Morgan fingerprint density at radius 2 is 1.81 bits per heavy atom. The van der Waals surface area contributed by atoms with Crippen LogP contribution in [0.4, 0.5) is 20.2 Å². The number of fused-ring (bicyclic) bond motifs is 1. The van der Waals surface area contributed by atoms with E-state index in [1.165, 1.54) is 29.2 Å². The average Bonchev–Trinajstić information content (AvgIpc) is 2.87. The summed E-state index contributed by atoms with van der Waals surface area (Å²) in [6.07, 6.45) is 3.61. The summed E-state index contributed by atoms with van der Waals surface area (Å²) in [5.41, 5.74) is 3.11. The van der Waals surface area contributed by atoms with E-state index in [-0.39, 0.29) is 11.7 Å². The van der Waals surface area contributed by atoms with Gasteiger partial charge in [-0.25, -0.2) is 8.78 Å². The fraction of sp³-hybridized carbons (Fsp3) is 0.190. The molecule has 1 heterocycles. The van der Waals surface area contributed by atoms with Crippen molar-refractivity contribution >= 4 is 17.3 Å². The van der Waals surface area contributed by atoms with Gasteiger partial charge < -0.3 is 5.32 Å². The number of nitrogens with one attached hydrogen (secondary N) is 1. The van der Waals surface area contributed by atoms with Gasteiger partial charge in [0.05, 0.1) is 11.4 Å². The Labute approximate surface area is 150 Å². The highest BCUT2D eigenvalue weighted by molar-refractivity contribution is 6.15. The molecule has 3 nitrogen and oxygen atoms in total. The fourth-order valence-corrected chi connectivity index (χ4v) is 3.49. The van der Waals surface area contributed by atoms with Crippen LogP contribution in [0.1, 0.15) is 19.8 Å². The maximum absolute atomic E-state index is 13.7. The first-order valence-corrected chi connectivity index (χ1v) is 8.59. The molecule has 5 heteroatoms. The maximum Gasteiger partial charge on any atom is 0.279 e. The van der Waals surface area contributed by atoms with Gasteiger partial charge >= 0.3 is 0 Å². The van der Waals surface area contributed by atoms with Gasteiger partial charge in [0.15, 0.2) is 0 Å². The molecular formula is C21H18F2N2O. The zero-order valence-electron chi connectivity index (χ0n) is 14.3. The SMILES string of the molecule is C[C@H]1CC=C2C(=C(Nc3cccc(F)c3)C(=O)N2c2cccc(F)c2)C1. The summed E-state index contributed by atoms with van der Waals surface area (Å²) in [4.78, 5) is 14.7. The van der Waals surface area contributed by atoms with Crippen molar-refractivity contribution in [1.29, 1.82) is 0 Å². The normalized spacial score (nSPS) is 19.5. The van der Waals surface area contributed by atoms with Gasteiger partial charge in [0.1, 0.15) is 17.3 Å². The quantitative estimate of drug-likeness (QED) is 0.844. The van der Waals surface area contributed by atoms with Crippen molar-refractivity contribution in [1.82, 2.24) is 0 Å². The summed E-state index contributed by atoms with van der Waals surface area (Å²) in [6.45, 7) is 2.12. The van der Waals surface area contributed by atoms with Crippen LogP contribution >= 0.6 is 0 Å². The van der Waals surface area contributed by atoms with Crippen LogP contribution in [0, 0.1) is 17.6 Å². The van der Waals surface area contributed by atoms with E-state index in [4.69, 9.17) is 0 Å². The Hall–Kier alpha value is -2.95. The Kier molecular flexibility index (Phi) is 4.07. The van der Waals surface area contributed by atoms with Crippen LogP contribution in [0.25, 0.3) is 0 Å². The number of amides is 1. The molecule has 1 aliphatic heterocycles. The van der Waals surface area contributed by atoms with Gasteiger partial charge in [-0.15, -0.1) is 0 Å². The van der Waals surface area contributed by atoms with Gasteiger partial charge in [-0.05, 0) is 55.2 Å². The Bertz CT molecular complexity index is 949. The summed E-state index contributed by atoms with van der Waals surface area (Å²) in [5, 5.41) is 3.08. The van der Waals surface area contributed by atoms with Gasteiger partial charge in [-0.3, -0.25) is 9.69 Å². The summed E-state index contributed by atoms with van der Waals surface area (Å²) in [7, 11) is 0. The predicted molar refractivity (Wildman–Crippen MR) is 97.4 cm³/mol. The third-order valence-corrected chi connectivity index (χ3v) is 4.70. The first kappa shape index (κ1) is 16.5. The van der Waals surface area contributed by atoms with Crippen LogP contribution in [0.5, 0.6) is 0 Å². The van der Waals surface area contributed by atoms with Crippen molar-refractivity contribution in [2.45, 2.75) is 19.8 Å². The minimum Gasteiger partial charge on any atom is -0.351 e. The number of rotatable bonds is 3. The monoisotopic (exact) mass is 352 g/mol. The van der Waals surface area contributed by atoms with Crippen molar-refractivity contribution < 1.29 is 13.6 Å². The number of carbonyl (C=O) groups excluding carboxylic acids is 1. The van der Waals surface area contributed by atoms with E-state index >= 15 is 0 Å². The van der Waals surface area contributed by atoms with Crippen molar-refractivity contribution in [2.24, 2.45) is 5.92 Å². The zero-order valence-corrected chi connectivity index (χ0v) is 14.3. The summed E-state index contributed by atoms with van der Waals surface area (Å²) in [6, 6.07) is 12.0. The number of allylic oxidation sites excluding steroid dienone is 2. The number of benzene rings is 2. The number of carbonyl (C=O) groups is 1. The highest BCUT2D eigenvalue weighted by Gasteiger charge is 2.38. The third-order valence-electron chi connectivity index (χ3n) is 4.70. The molecule has 0 saturated heterocycles. The Morgan fingerprint density at radius 3 is 2.54 bits per heavy atom. The lowest BCUT2D eigenvalue weighted by molar-refractivity contribution is -0.114. The number of nitrogens with zero attached hydrogens (tertiary/aromatic N) is 1. The van der Waals surface area contributed by atoms with Crippen molar-refractivity contribution in [3.63, 3.8) is 0 Å². The molecule has 1 aliphatic carbocycles. The van der Waals surface area contributed by atoms with E-state index < -0.39 is 5.82 Å². The maximum atomic E-state index is 13.7. The van der Waals surface area contributed by atoms with Gasteiger partial charge in [-0.2, -0.15) is 0 Å². The zero-order chi connectivity index (χ0) is 18.3. The Morgan fingerprint density at radius 1 is 1.08 bits per heavy atom. The molecule has 4 rings (SSSR count). The molecule has 1 amide bonds. The van der Waals surface area contributed by atoms with E-state index in [0.29, 0.717) is 23.0 Å². The van der Waals surface area contributed by atoms with Crippen LogP contribution in [0.3, 0.4) is 0 Å². The molecule has 0 unspecified atom stereocenters. The second-order valence-electron chi connectivity index (χ2n) is 6.74. The van der Waals surface area contributed by atoms with Crippen LogP contribution in [0.15, 0.2) is 71.6 Å². The first-order valence-electron chi connectivity index (χ1n) is 8.59. The van der Waals surface area contributed by atoms with E-state index in [0.717, 1.165) is 24.1 Å². The molecule has 0 radical (unpaired) electrons. The molecule has 0 saturated carbocycles. The van der Waals surface area contributed by atoms with E-state index in [9.17, 15) is 13.6 Å². The van der Waals surface area contributed by atoms with Crippen LogP contribution in [-0.2, 0) is 4.79 Å². The molecular weight excluding hydrogens is 334 g/mol. The lowest BCUT2D eigenvalue weighted by atomic mass is 9.90. The van der Waals surface area contributed by atoms with Gasteiger partial charge in [0, 0.05) is 11.3 Å². The minimum absolute atomic E-state index is 0.254. The average molecular weight is 352 g/mol. The molecule has 2 aliphatic rings. The minimum atomic E-state index is -0.395. The molecule has 0 aromatic heterocycles. The highest BCUT2D eigenvalue weighted by Crippen LogP contribution is 2.41. The van der Waals surface area contributed by atoms with Gasteiger partial charge in [-0.1, -0.05) is 25.1 Å². The van der Waals surface area contributed by atoms with E-state index in [1.54, 1.807) is 24.3 Å². The predicted octanol–water partition coefficient (Wildman–Crippen LogP) is 4.99.